The lowest BCUT2D eigenvalue weighted by molar-refractivity contribution is 0.347. The first kappa shape index (κ1) is 73.4. The van der Waals surface area contributed by atoms with E-state index in [0.717, 1.165) is 41.8 Å². The van der Waals surface area contributed by atoms with Crippen LogP contribution in [0.2, 0.25) is 0 Å². The number of hydrogen-bond acceptors (Lipinski definition) is 23. The molecule has 0 aliphatic heterocycles. The van der Waals surface area contributed by atoms with E-state index < -0.39 is 73.9 Å². The second-order valence-corrected chi connectivity index (χ2v) is 25.4. The molecule has 6 rings (SSSR count). The van der Waals surface area contributed by atoms with E-state index in [1.165, 1.54) is 78.9 Å². The average molecular weight is 1310 g/mol. The maximum absolute atomic E-state index is 12.0. The zero-order chi connectivity index (χ0) is 60.9. The average Bonchev–Trinajstić information content (AvgIpc) is 3.36. The van der Waals surface area contributed by atoms with Crippen LogP contribution in [0.4, 0.5) is 0 Å². The van der Waals surface area contributed by atoms with Crippen molar-refractivity contribution in [3.63, 3.8) is 0 Å². The van der Waals surface area contributed by atoms with Gasteiger partial charge in [0.05, 0.1) is 61.8 Å². The van der Waals surface area contributed by atoms with Crippen LogP contribution < -0.4 is 52.1 Å². The van der Waals surface area contributed by atoms with E-state index in [2.05, 4.69) is 24.5 Å². The Kier molecular flexibility index (Phi) is 27.4. The predicted octanol–water partition coefficient (Wildman–Crippen LogP) is 10.3. The lowest BCUT2D eigenvalue weighted by atomic mass is 10.1. The van der Waals surface area contributed by atoms with Gasteiger partial charge in [-0.15, -0.1) is 0 Å². The van der Waals surface area contributed by atoms with Crippen molar-refractivity contribution in [1.82, 2.24) is 0 Å². The smallest absolute Gasteiger partial charge is 0.353 e. The molecule has 0 atom stereocenters. The van der Waals surface area contributed by atoms with Gasteiger partial charge in [-0.2, -0.15) is 8.42 Å². The van der Waals surface area contributed by atoms with Crippen molar-refractivity contribution in [2.75, 3.05) is 56.9 Å². The van der Waals surface area contributed by atoms with Crippen LogP contribution in [0.3, 0.4) is 0 Å². The van der Waals surface area contributed by atoms with Gasteiger partial charge in [0, 0.05) is 89.4 Å². The highest BCUT2D eigenvalue weighted by Gasteiger charge is 2.27. The molecular formula is C50H57Cl3O24S5. The molecule has 82 heavy (non-hydrogen) atoms. The number of aryl methyl sites for hydroxylation is 4. The Hall–Kier alpha value is -6.64. The third-order valence-corrected chi connectivity index (χ3v) is 14.8. The standard InChI is InChI=1S/C16H16Cl2O8S2.C16H18O10S2.C16H18O3.2CH3.ClHO3S/c1-9-5-15(27(17,19)20)13(6-10(9)23-2)26-14-7-11(24-3)12(25-4)8-16(14)28(18,21)22;1-9-5-15(27(17,18)19)13(6-10(9)23-2)26-14-7-11(24-3)12(25-4)8-16(14)28(20,21)22;1-11-5-6-13(9-12(11)2)19-14-7-8-15(17-3)16(10-14)18-4;;;1-5(2,3)4/h5-8H,1-4H3;5-8H,1-4H3,(H,17,18,19)(H,20,21,22);5-10H,1-4H3;2*1H3;(H,2,3,4)/q;;;2*+1;/p-2. The minimum atomic E-state index is -5.05. The molecule has 0 aromatic heterocycles. The van der Waals surface area contributed by atoms with Crippen molar-refractivity contribution < 1.29 is 108 Å². The highest BCUT2D eigenvalue weighted by atomic mass is 35.7. The SMILES string of the molecule is COc1cc(Oc2cc(OC)c(OC)cc2S(=O)(=O)Cl)c(S(=O)(=O)Cl)cc1C.COc1cc(Oc2cc(OC)c(OC)cc2S(=O)(=O)[O-])c(S(=O)(=O)[O-])cc1C.COc1ccc(Oc2ccc(C)c(C)c2)cc1OC.O=S(=O)(O)Cl.[CH3+].[CH3+]. The predicted molar refractivity (Wildman–Crippen MR) is 302 cm³/mol. The van der Waals surface area contributed by atoms with Crippen LogP contribution in [0.1, 0.15) is 22.3 Å². The molecule has 0 unspecified atom stereocenters. The molecule has 0 saturated heterocycles. The Labute approximate surface area is 491 Å². The molecule has 0 spiro atoms. The summed E-state index contributed by atoms with van der Waals surface area (Å²) in [6, 6.07) is 20.3. The first-order valence-corrected chi connectivity index (χ1v) is 31.4. The fourth-order valence-corrected chi connectivity index (χ4v) is 9.77. The molecule has 0 fully saturated rings. The lowest BCUT2D eigenvalue weighted by Crippen LogP contribution is -2.06. The maximum Gasteiger partial charge on any atom is 0.353 e. The number of hydrogen-bond donors (Lipinski definition) is 1. The van der Waals surface area contributed by atoms with Gasteiger partial charge in [0.25, 0.3) is 18.1 Å². The first-order chi connectivity index (χ1) is 37.0. The van der Waals surface area contributed by atoms with E-state index in [0.29, 0.717) is 28.4 Å². The number of ether oxygens (including phenoxy) is 11. The Morgan fingerprint density at radius 3 is 0.963 bits per heavy atom. The molecule has 0 amide bonds. The molecule has 6 aromatic rings. The summed E-state index contributed by atoms with van der Waals surface area (Å²) in [6.45, 7) is 7.26. The van der Waals surface area contributed by atoms with Crippen molar-refractivity contribution >= 4 is 79.7 Å². The molecule has 0 radical (unpaired) electrons. The second kappa shape index (κ2) is 30.6. The second-order valence-electron chi connectivity index (χ2n) is 15.6. The molecule has 0 saturated carbocycles. The largest absolute Gasteiger partial charge is 0.744 e. The summed E-state index contributed by atoms with van der Waals surface area (Å²) < 4.78 is 200. The highest BCUT2D eigenvalue weighted by Crippen LogP contribution is 2.45. The van der Waals surface area contributed by atoms with Crippen LogP contribution in [0.15, 0.2) is 105 Å². The highest BCUT2D eigenvalue weighted by molar-refractivity contribution is 8.14. The summed E-state index contributed by atoms with van der Waals surface area (Å²) in [4.78, 5) is -2.42. The van der Waals surface area contributed by atoms with Gasteiger partial charge in [0.2, 0.25) is 0 Å². The van der Waals surface area contributed by atoms with Crippen molar-refractivity contribution in [3.05, 3.63) is 122 Å². The van der Waals surface area contributed by atoms with E-state index in [1.54, 1.807) is 21.1 Å². The van der Waals surface area contributed by atoms with Gasteiger partial charge >= 0.3 is 9.33 Å². The van der Waals surface area contributed by atoms with E-state index in [1.807, 2.05) is 36.4 Å². The number of benzene rings is 6. The van der Waals surface area contributed by atoms with E-state index in [-0.39, 0.29) is 60.0 Å². The van der Waals surface area contributed by atoms with Gasteiger partial charge < -0.3 is 61.2 Å². The van der Waals surface area contributed by atoms with Crippen LogP contribution in [-0.2, 0) is 47.7 Å². The third-order valence-electron chi connectivity index (χ3n) is 10.4. The molecule has 0 aliphatic carbocycles. The molecular weight excluding hydrogens is 1250 g/mol. The molecule has 6 aromatic carbocycles. The van der Waals surface area contributed by atoms with E-state index >= 15 is 0 Å². The molecule has 0 heterocycles. The van der Waals surface area contributed by atoms with Crippen LogP contribution in [0.5, 0.6) is 80.5 Å². The normalized spacial score (nSPS) is 11.1. The monoisotopic (exact) mass is 1310 g/mol. The summed E-state index contributed by atoms with van der Waals surface area (Å²) in [5.41, 5.74) is 3.26. The summed E-state index contributed by atoms with van der Waals surface area (Å²) in [5, 5.41) is 0. The minimum Gasteiger partial charge on any atom is -0.744 e. The Morgan fingerprint density at radius 2 is 0.610 bits per heavy atom. The van der Waals surface area contributed by atoms with Crippen molar-refractivity contribution in [3.8, 4) is 80.5 Å². The minimum absolute atomic E-state index is 0. The molecule has 0 bridgehead atoms. The van der Waals surface area contributed by atoms with E-state index in [9.17, 15) is 42.8 Å². The zero-order valence-electron chi connectivity index (χ0n) is 46.1. The lowest BCUT2D eigenvalue weighted by Gasteiger charge is -2.20. The molecule has 24 nitrogen and oxygen atoms in total. The summed E-state index contributed by atoms with van der Waals surface area (Å²) >= 11 is 0. The molecule has 1 N–H and O–H groups in total. The zero-order valence-corrected chi connectivity index (χ0v) is 52.4. The fraction of sp³-hybridized carbons (Fsp3) is 0.240. The van der Waals surface area contributed by atoms with Crippen molar-refractivity contribution in [2.24, 2.45) is 0 Å². The Bertz CT molecular complexity index is 3600. The van der Waals surface area contributed by atoms with Crippen LogP contribution in [0.25, 0.3) is 0 Å². The van der Waals surface area contributed by atoms with Crippen LogP contribution in [0, 0.1) is 42.5 Å². The topological polar surface area (TPSA) is 339 Å². The first-order valence-electron chi connectivity index (χ1n) is 21.7. The summed E-state index contributed by atoms with van der Waals surface area (Å²) in [7, 11) is 3.34. The maximum atomic E-state index is 12.0. The van der Waals surface area contributed by atoms with Gasteiger partial charge in [-0.25, -0.2) is 33.7 Å². The number of rotatable bonds is 18. The van der Waals surface area contributed by atoms with Gasteiger partial charge in [0.15, 0.2) is 46.0 Å². The third kappa shape index (κ3) is 21.0. The van der Waals surface area contributed by atoms with Crippen LogP contribution in [-0.4, -0.2) is 113 Å². The Balaban J connectivity index is 0.000000592. The van der Waals surface area contributed by atoms with Gasteiger partial charge in [-0.05, 0) is 86.3 Å². The van der Waals surface area contributed by atoms with Gasteiger partial charge in [0.1, 0.15) is 69.4 Å². The molecule has 0 aliphatic rings. The quantitative estimate of drug-likeness (QED) is 0.0474. The van der Waals surface area contributed by atoms with E-state index in [4.69, 9.17) is 86.4 Å². The summed E-state index contributed by atoms with van der Waals surface area (Å²) in [5.74, 6) is 1.90. The molecule has 452 valence electrons. The summed E-state index contributed by atoms with van der Waals surface area (Å²) in [6.07, 6.45) is 0. The Morgan fingerprint density at radius 1 is 0.329 bits per heavy atom. The number of methoxy groups -OCH3 is 8. The van der Waals surface area contributed by atoms with Gasteiger partial charge in [-0.3, -0.25) is 4.55 Å². The van der Waals surface area contributed by atoms with Crippen molar-refractivity contribution in [1.29, 1.82) is 0 Å². The fourth-order valence-electron chi connectivity index (χ4n) is 6.53. The van der Waals surface area contributed by atoms with Gasteiger partial charge in [-0.1, -0.05) is 6.07 Å². The van der Waals surface area contributed by atoms with Crippen molar-refractivity contribution in [2.45, 2.75) is 47.3 Å². The number of halogens is 3. The molecule has 32 heteroatoms. The van der Waals surface area contributed by atoms with Crippen LogP contribution >= 0.6 is 32.0 Å².